The second kappa shape index (κ2) is 7.99. The van der Waals surface area contributed by atoms with Crippen LogP contribution in [0.2, 0.25) is 0 Å². The molecule has 0 spiro atoms. The maximum Gasteiger partial charge on any atom is 0.407 e. The molecule has 0 unspecified atom stereocenters. The summed E-state index contributed by atoms with van der Waals surface area (Å²) in [7, 11) is 0. The van der Waals surface area contributed by atoms with Gasteiger partial charge < -0.3 is 24.6 Å². The van der Waals surface area contributed by atoms with E-state index in [-0.39, 0.29) is 25.2 Å². The van der Waals surface area contributed by atoms with Gasteiger partial charge in [-0.25, -0.2) is 4.79 Å². The summed E-state index contributed by atoms with van der Waals surface area (Å²) in [5.41, 5.74) is 2.29. The molecule has 3 rings (SSSR count). The van der Waals surface area contributed by atoms with Gasteiger partial charge in [-0.1, -0.05) is 37.3 Å². The Bertz CT molecular complexity index is 776. The highest BCUT2D eigenvalue weighted by atomic mass is 16.7. The van der Waals surface area contributed by atoms with E-state index >= 15 is 0 Å². The smallest absolute Gasteiger partial charge is 0.407 e. The lowest BCUT2D eigenvalue weighted by atomic mass is 9.99. The molecule has 138 valence electrons. The Morgan fingerprint density at radius 2 is 2.08 bits per heavy atom. The van der Waals surface area contributed by atoms with Crippen LogP contribution in [0.1, 0.15) is 30.0 Å². The van der Waals surface area contributed by atoms with Crippen molar-refractivity contribution in [2.24, 2.45) is 0 Å². The first-order chi connectivity index (χ1) is 12.6. The first-order valence-corrected chi connectivity index (χ1v) is 8.66. The number of phenolic OH excluding ortho intramolecular Hbond substituents is 1. The molecule has 0 bridgehead atoms. The summed E-state index contributed by atoms with van der Waals surface area (Å²) in [5.74, 6) is 1.37. The molecule has 0 aromatic heterocycles. The van der Waals surface area contributed by atoms with Gasteiger partial charge in [0.05, 0.1) is 0 Å². The quantitative estimate of drug-likeness (QED) is 0.825. The average Bonchev–Trinajstić information content (AvgIpc) is 3.13. The fraction of sp³-hybridized carbons (Fsp3) is 0.350. The molecular weight excluding hydrogens is 334 g/mol. The van der Waals surface area contributed by atoms with Gasteiger partial charge in [-0.3, -0.25) is 0 Å². The van der Waals surface area contributed by atoms with Crippen LogP contribution in [0.4, 0.5) is 4.79 Å². The molecule has 26 heavy (non-hydrogen) atoms. The molecule has 1 amide bonds. The Labute approximate surface area is 152 Å². The molecule has 6 heteroatoms. The number of phenols is 1. The van der Waals surface area contributed by atoms with Gasteiger partial charge in [0.15, 0.2) is 11.5 Å². The zero-order chi connectivity index (χ0) is 18.5. The number of alkyl carbamates (subject to hydrolysis) is 1. The zero-order valence-corrected chi connectivity index (χ0v) is 15.0. The van der Waals surface area contributed by atoms with E-state index in [0.29, 0.717) is 35.5 Å². The van der Waals surface area contributed by atoms with Crippen molar-refractivity contribution in [2.45, 2.75) is 39.3 Å². The van der Waals surface area contributed by atoms with E-state index in [1.54, 1.807) is 13.0 Å². The Morgan fingerprint density at radius 1 is 1.31 bits per heavy atom. The number of carbonyl (C=O) groups excluding carboxylic acids is 1. The van der Waals surface area contributed by atoms with E-state index in [9.17, 15) is 9.90 Å². The Morgan fingerprint density at radius 3 is 2.81 bits per heavy atom. The minimum Gasteiger partial charge on any atom is -0.507 e. The van der Waals surface area contributed by atoms with Crippen LogP contribution < -0.4 is 14.8 Å². The summed E-state index contributed by atoms with van der Waals surface area (Å²) in [5, 5.41) is 13.3. The minimum absolute atomic E-state index is 0.153. The number of ether oxygens (including phenoxy) is 3. The highest BCUT2D eigenvalue weighted by Crippen LogP contribution is 2.42. The molecule has 1 atom stereocenters. The lowest BCUT2D eigenvalue weighted by Gasteiger charge is -2.18. The number of rotatable bonds is 6. The fourth-order valence-electron chi connectivity index (χ4n) is 2.91. The summed E-state index contributed by atoms with van der Waals surface area (Å²) in [6, 6.07) is 11.1. The van der Waals surface area contributed by atoms with Crippen LogP contribution in [0.3, 0.4) is 0 Å². The van der Waals surface area contributed by atoms with Crippen molar-refractivity contribution in [1.82, 2.24) is 5.32 Å². The predicted octanol–water partition coefficient (Wildman–Crippen LogP) is 3.68. The minimum atomic E-state index is -0.474. The third-order valence-corrected chi connectivity index (χ3v) is 4.44. The number of fused-ring (bicyclic) bond motifs is 1. The van der Waals surface area contributed by atoms with Crippen molar-refractivity contribution in [3.8, 4) is 17.2 Å². The van der Waals surface area contributed by atoms with E-state index in [0.717, 1.165) is 5.56 Å². The van der Waals surface area contributed by atoms with Gasteiger partial charge >= 0.3 is 6.09 Å². The standard InChI is InChI=1S/C20H23NO5/c1-3-16(21-20(23)24-11-14-7-5-4-6-8-14)9-15-10-17-19(26-12-25-17)13(2)18(15)22/h4-8,10,16,22H,3,9,11-12H2,1-2H3,(H,21,23)/t16-/m1/s1. The Hall–Kier alpha value is -2.89. The summed E-state index contributed by atoms with van der Waals surface area (Å²) in [4.78, 5) is 12.1. The summed E-state index contributed by atoms with van der Waals surface area (Å²) < 4.78 is 16.0. The summed E-state index contributed by atoms with van der Waals surface area (Å²) >= 11 is 0. The largest absolute Gasteiger partial charge is 0.507 e. The molecule has 1 aliphatic rings. The van der Waals surface area contributed by atoms with Crippen molar-refractivity contribution in [1.29, 1.82) is 0 Å². The van der Waals surface area contributed by atoms with Crippen LogP contribution >= 0.6 is 0 Å². The van der Waals surface area contributed by atoms with E-state index < -0.39 is 6.09 Å². The molecule has 0 aliphatic carbocycles. The lowest BCUT2D eigenvalue weighted by Crippen LogP contribution is -2.36. The second-order valence-electron chi connectivity index (χ2n) is 6.26. The van der Waals surface area contributed by atoms with Crippen molar-refractivity contribution in [2.75, 3.05) is 6.79 Å². The van der Waals surface area contributed by atoms with Crippen LogP contribution in [0.5, 0.6) is 17.2 Å². The highest BCUT2D eigenvalue weighted by molar-refractivity contribution is 5.67. The van der Waals surface area contributed by atoms with Crippen LogP contribution in [0.25, 0.3) is 0 Å². The van der Waals surface area contributed by atoms with Crippen molar-refractivity contribution in [3.05, 3.63) is 53.1 Å². The molecule has 0 radical (unpaired) electrons. The van der Waals surface area contributed by atoms with Gasteiger partial charge in [-0.15, -0.1) is 0 Å². The van der Waals surface area contributed by atoms with Gasteiger partial charge in [0.25, 0.3) is 0 Å². The van der Waals surface area contributed by atoms with Crippen molar-refractivity contribution in [3.63, 3.8) is 0 Å². The number of amides is 1. The topological polar surface area (TPSA) is 77.0 Å². The highest BCUT2D eigenvalue weighted by Gasteiger charge is 2.23. The van der Waals surface area contributed by atoms with Gasteiger partial charge in [0.2, 0.25) is 6.79 Å². The van der Waals surface area contributed by atoms with E-state index in [4.69, 9.17) is 14.2 Å². The van der Waals surface area contributed by atoms with Crippen molar-refractivity contribution >= 4 is 6.09 Å². The number of benzene rings is 2. The number of hydrogen-bond donors (Lipinski definition) is 2. The average molecular weight is 357 g/mol. The third kappa shape index (κ3) is 4.02. The van der Waals surface area contributed by atoms with Gasteiger partial charge in [-0.2, -0.15) is 0 Å². The molecule has 6 nitrogen and oxygen atoms in total. The molecule has 2 N–H and O–H groups in total. The van der Waals surface area contributed by atoms with Gasteiger partial charge in [0.1, 0.15) is 12.4 Å². The Kier molecular flexibility index (Phi) is 5.51. The fourth-order valence-corrected chi connectivity index (χ4v) is 2.91. The maximum atomic E-state index is 12.1. The second-order valence-corrected chi connectivity index (χ2v) is 6.26. The molecule has 0 saturated carbocycles. The SMILES string of the molecule is CC[C@H](Cc1cc2c(c(C)c1O)OCO2)NC(=O)OCc1ccccc1. The first-order valence-electron chi connectivity index (χ1n) is 8.66. The third-order valence-electron chi connectivity index (χ3n) is 4.44. The number of carbonyl (C=O) groups is 1. The van der Waals surface area contributed by atoms with Gasteiger partial charge in [-0.05, 0) is 31.4 Å². The molecule has 0 saturated heterocycles. The van der Waals surface area contributed by atoms with Crippen LogP contribution in [-0.4, -0.2) is 24.0 Å². The van der Waals surface area contributed by atoms with E-state index in [2.05, 4.69) is 5.32 Å². The number of nitrogens with one attached hydrogen (secondary N) is 1. The first kappa shape index (κ1) is 17.9. The predicted molar refractivity (Wildman–Crippen MR) is 96.5 cm³/mol. The Balaban J connectivity index is 1.61. The zero-order valence-electron chi connectivity index (χ0n) is 15.0. The molecule has 1 heterocycles. The van der Waals surface area contributed by atoms with Gasteiger partial charge in [0, 0.05) is 17.2 Å². The normalized spacial score (nSPS) is 13.3. The molecule has 0 fully saturated rings. The monoisotopic (exact) mass is 357 g/mol. The number of aromatic hydroxyl groups is 1. The summed E-state index contributed by atoms with van der Waals surface area (Å²) in [6.07, 6.45) is 0.700. The molecule has 2 aromatic rings. The number of hydrogen-bond acceptors (Lipinski definition) is 5. The van der Waals surface area contributed by atoms with E-state index in [1.165, 1.54) is 0 Å². The van der Waals surface area contributed by atoms with Crippen LogP contribution in [-0.2, 0) is 17.8 Å². The van der Waals surface area contributed by atoms with Crippen molar-refractivity contribution < 1.29 is 24.1 Å². The summed E-state index contributed by atoms with van der Waals surface area (Å²) in [6.45, 7) is 4.13. The van der Waals surface area contributed by atoms with Crippen LogP contribution in [0, 0.1) is 6.92 Å². The lowest BCUT2D eigenvalue weighted by molar-refractivity contribution is 0.135. The molecule has 1 aliphatic heterocycles. The maximum absolute atomic E-state index is 12.1. The van der Waals surface area contributed by atoms with E-state index in [1.807, 2.05) is 37.3 Å². The van der Waals surface area contributed by atoms with Crippen LogP contribution in [0.15, 0.2) is 36.4 Å². The molecular formula is C20H23NO5. The molecule has 2 aromatic carbocycles.